The van der Waals surface area contributed by atoms with Gasteiger partial charge in [0.1, 0.15) is 11.8 Å². The van der Waals surface area contributed by atoms with Crippen LogP contribution in [0.5, 0.6) is 5.75 Å². The summed E-state index contributed by atoms with van der Waals surface area (Å²) in [6, 6.07) is 7.47. The maximum Gasteiger partial charge on any atom is 0.184 e. The van der Waals surface area contributed by atoms with Crippen molar-refractivity contribution in [3.8, 4) is 11.8 Å². The second-order valence-corrected chi connectivity index (χ2v) is 4.03. The first kappa shape index (κ1) is 12.4. The number of ether oxygens (including phenoxy) is 1. The Morgan fingerprint density at radius 1 is 1.60 bits per heavy atom. The molecule has 1 atom stereocenters. The molecule has 0 fully saturated rings. The zero-order valence-electron chi connectivity index (χ0n) is 8.34. The van der Waals surface area contributed by atoms with Gasteiger partial charge in [-0.3, -0.25) is 0 Å². The molecule has 1 aromatic carbocycles. The predicted octanol–water partition coefficient (Wildman–Crippen LogP) is 3.92. The SMILES string of the molecule is CCC(C#N)Oc1ccc(Cl)cc1CBr. The second kappa shape index (κ2) is 5.99. The number of nitrogens with zero attached hydrogens (tertiary/aromatic N) is 1. The summed E-state index contributed by atoms with van der Waals surface area (Å²) in [4.78, 5) is 0. The highest BCUT2D eigenvalue weighted by atomic mass is 79.9. The molecule has 80 valence electrons. The minimum absolute atomic E-state index is 0.399. The summed E-state index contributed by atoms with van der Waals surface area (Å²) in [5.74, 6) is 0.713. The fraction of sp³-hybridized carbons (Fsp3) is 0.364. The zero-order chi connectivity index (χ0) is 11.3. The van der Waals surface area contributed by atoms with E-state index in [-0.39, 0.29) is 0 Å². The van der Waals surface area contributed by atoms with Crippen molar-refractivity contribution in [2.75, 3.05) is 0 Å². The molecule has 1 rings (SSSR count). The summed E-state index contributed by atoms with van der Waals surface area (Å²) >= 11 is 9.21. The molecule has 0 amide bonds. The Hall–Kier alpha value is -0.720. The van der Waals surface area contributed by atoms with Gasteiger partial charge in [0.25, 0.3) is 0 Å². The highest BCUT2D eigenvalue weighted by molar-refractivity contribution is 9.08. The summed E-state index contributed by atoms with van der Waals surface area (Å²) < 4.78 is 5.54. The third-order valence-corrected chi connectivity index (χ3v) is 2.79. The molecule has 0 heterocycles. The number of hydrogen-bond donors (Lipinski definition) is 0. The maximum atomic E-state index is 8.79. The summed E-state index contributed by atoms with van der Waals surface area (Å²) in [5, 5.41) is 10.1. The van der Waals surface area contributed by atoms with Crippen LogP contribution in [0.3, 0.4) is 0 Å². The molecule has 0 saturated carbocycles. The van der Waals surface area contributed by atoms with Gasteiger partial charge in [0, 0.05) is 15.9 Å². The maximum absolute atomic E-state index is 8.79. The van der Waals surface area contributed by atoms with Crippen LogP contribution in [-0.4, -0.2) is 6.10 Å². The monoisotopic (exact) mass is 287 g/mol. The van der Waals surface area contributed by atoms with Gasteiger partial charge in [-0.25, -0.2) is 0 Å². The second-order valence-electron chi connectivity index (χ2n) is 3.03. The van der Waals surface area contributed by atoms with E-state index < -0.39 is 6.10 Å². The number of alkyl halides is 1. The van der Waals surface area contributed by atoms with Crippen molar-refractivity contribution >= 4 is 27.5 Å². The summed E-state index contributed by atoms with van der Waals surface area (Å²) in [5.41, 5.74) is 0.955. The van der Waals surface area contributed by atoms with E-state index in [1.54, 1.807) is 12.1 Å². The van der Waals surface area contributed by atoms with Crippen molar-refractivity contribution in [1.82, 2.24) is 0 Å². The number of rotatable bonds is 4. The van der Waals surface area contributed by atoms with Gasteiger partial charge in [0.15, 0.2) is 6.10 Å². The van der Waals surface area contributed by atoms with Crippen molar-refractivity contribution in [3.05, 3.63) is 28.8 Å². The molecule has 0 N–H and O–H groups in total. The van der Waals surface area contributed by atoms with E-state index in [1.165, 1.54) is 0 Å². The molecule has 0 bridgehead atoms. The van der Waals surface area contributed by atoms with Crippen LogP contribution in [0, 0.1) is 11.3 Å². The first-order valence-electron chi connectivity index (χ1n) is 4.62. The largest absolute Gasteiger partial charge is 0.475 e. The average molecular weight is 289 g/mol. The van der Waals surface area contributed by atoms with E-state index in [2.05, 4.69) is 22.0 Å². The van der Waals surface area contributed by atoms with Gasteiger partial charge in [-0.05, 0) is 24.6 Å². The topological polar surface area (TPSA) is 33.0 Å². The third-order valence-electron chi connectivity index (χ3n) is 1.95. The first-order chi connectivity index (χ1) is 7.21. The fourth-order valence-corrected chi connectivity index (χ4v) is 1.75. The molecule has 0 aliphatic carbocycles. The average Bonchev–Trinajstić information content (AvgIpc) is 2.27. The minimum Gasteiger partial charge on any atom is -0.475 e. The molecule has 0 aliphatic rings. The molecule has 0 radical (unpaired) electrons. The zero-order valence-corrected chi connectivity index (χ0v) is 10.7. The minimum atomic E-state index is -0.399. The Balaban J connectivity index is 2.89. The summed E-state index contributed by atoms with van der Waals surface area (Å²) in [7, 11) is 0. The van der Waals surface area contributed by atoms with E-state index in [9.17, 15) is 0 Å². The van der Waals surface area contributed by atoms with Crippen molar-refractivity contribution in [2.45, 2.75) is 24.8 Å². The normalized spacial score (nSPS) is 11.9. The molecular formula is C11H11BrClNO. The van der Waals surface area contributed by atoms with Crippen LogP contribution < -0.4 is 4.74 Å². The van der Waals surface area contributed by atoms with Gasteiger partial charge >= 0.3 is 0 Å². The van der Waals surface area contributed by atoms with Crippen LogP contribution in [0.25, 0.3) is 0 Å². The summed E-state index contributed by atoms with van der Waals surface area (Å²) in [6.45, 7) is 1.91. The van der Waals surface area contributed by atoms with Gasteiger partial charge in [0.05, 0.1) is 0 Å². The number of benzene rings is 1. The predicted molar refractivity (Wildman–Crippen MR) is 64.4 cm³/mol. The molecule has 2 nitrogen and oxygen atoms in total. The van der Waals surface area contributed by atoms with Crippen molar-refractivity contribution < 1.29 is 4.74 Å². The van der Waals surface area contributed by atoms with Crippen LogP contribution in [0.1, 0.15) is 18.9 Å². The molecule has 15 heavy (non-hydrogen) atoms. The van der Waals surface area contributed by atoms with Crippen molar-refractivity contribution in [3.63, 3.8) is 0 Å². The quantitative estimate of drug-likeness (QED) is 0.787. The molecule has 1 aromatic rings. The Labute approximate surface area is 103 Å². The number of halogens is 2. The summed E-state index contributed by atoms with van der Waals surface area (Å²) in [6.07, 6.45) is 0.268. The smallest absolute Gasteiger partial charge is 0.184 e. The van der Waals surface area contributed by atoms with Crippen molar-refractivity contribution in [2.24, 2.45) is 0 Å². The lowest BCUT2D eigenvalue weighted by molar-refractivity contribution is 0.250. The van der Waals surface area contributed by atoms with Gasteiger partial charge in [0.2, 0.25) is 0 Å². The molecular weight excluding hydrogens is 277 g/mol. The Bertz CT molecular complexity index is 375. The molecule has 0 spiro atoms. The van der Waals surface area contributed by atoms with E-state index in [0.29, 0.717) is 22.5 Å². The number of hydrogen-bond acceptors (Lipinski definition) is 2. The van der Waals surface area contributed by atoms with Crippen molar-refractivity contribution in [1.29, 1.82) is 5.26 Å². The fourth-order valence-electron chi connectivity index (χ4n) is 1.12. The van der Waals surface area contributed by atoms with E-state index in [1.807, 2.05) is 13.0 Å². The van der Waals surface area contributed by atoms with Gasteiger partial charge in [-0.15, -0.1) is 0 Å². The van der Waals surface area contributed by atoms with Gasteiger partial charge in [-0.1, -0.05) is 34.5 Å². The first-order valence-corrected chi connectivity index (χ1v) is 6.11. The molecule has 1 unspecified atom stereocenters. The highest BCUT2D eigenvalue weighted by Gasteiger charge is 2.09. The van der Waals surface area contributed by atoms with Gasteiger partial charge < -0.3 is 4.74 Å². The number of nitriles is 1. The highest BCUT2D eigenvalue weighted by Crippen LogP contribution is 2.26. The lowest BCUT2D eigenvalue weighted by Crippen LogP contribution is -2.13. The standard InChI is InChI=1S/C11H11BrClNO/c1-2-10(7-14)15-11-4-3-9(13)5-8(11)6-12/h3-5,10H,2,6H2,1H3. The third kappa shape index (κ3) is 3.40. The Morgan fingerprint density at radius 3 is 2.87 bits per heavy atom. The van der Waals surface area contributed by atoms with Crippen LogP contribution in [0.15, 0.2) is 18.2 Å². The Kier molecular flexibility index (Phi) is 4.93. The molecule has 0 aliphatic heterocycles. The Morgan fingerprint density at radius 2 is 2.33 bits per heavy atom. The van der Waals surface area contributed by atoms with Gasteiger partial charge in [-0.2, -0.15) is 5.26 Å². The molecule has 0 saturated heterocycles. The van der Waals surface area contributed by atoms with Crippen LogP contribution in [0.4, 0.5) is 0 Å². The molecule has 4 heteroatoms. The van der Waals surface area contributed by atoms with E-state index in [0.717, 1.165) is 5.56 Å². The van der Waals surface area contributed by atoms with Crippen LogP contribution in [-0.2, 0) is 5.33 Å². The van der Waals surface area contributed by atoms with Crippen LogP contribution >= 0.6 is 27.5 Å². The van der Waals surface area contributed by atoms with E-state index in [4.69, 9.17) is 21.6 Å². The van der Waals surface area contributed by atoms with E-state index >= 15 is 0 Å². The molecule has 0 aromatic heterocycles. The lowest BCUT2D eigenvalue weighted by atomic mass is 10.2. The van der Waals surface area contributed by atoms with Crippen LogP contribution in [0.2, 0.25) is 5.02 Å². The lowest BCUT2D eigenvalue weighted by Gasteiger charge is -2.13.